The summed E-state index contributed by atoms with van der Waals surface area (Å²) in [5.74, 6) is 0.718. The van der Waals surface area contributed by atoms with Gasteiger partial charge in [0.1, 0.15) is 0 Å². The first-order chi connectivity index (χ1) is 14.3. The predicted octanol–water partition coefficient (Wildman–Crippen LogP) is 5.40. The third kappa shape index (κ3) is 1.96. The number of para-hydroxylation sites is 2. The summed E-state index contributed by atoms with van der Waals surface area (Å²) in [7, 11) is 0. The van der Waals surface area contributed by atoms with Gasteiger partial charge < -0.3 is 5.11 Å². The lowest BCUT2D eigenvalue weighted by molar-refractivity contribution is 0.232. The lowest BCUT2D eigenvalue weighted by Gasteiger charge is -2.11. The molecule has 29 heavy (non-hydrogen) atoms. The highest BCUT2D eigenvalue weighted by molar-refractivity contribution is 6.14. The molecule has 1 N–H and O–H groups in total. The molecule has 4 aromatic carbocycles. The Morgan fingerprint density at radius 2 is 1.66 bits per heavy atom. The molecule has 0 aliphatic heterocycles. The van der Waals surface area contributed by atoms with Gasteiger partial charge in [-0.25, -0.2) is 9.97 Å². The highest BCUT2D eigenvalue weighted by atomic mass is 16.3. The Balaban J connectivity index is 1.60. The molecule has 0 amide bonds. The van der Waals surface area contributed by atoms with Gasteiger partial charge in [0.25, 0.3) is 0 Å². The van der Waals surface area contributed by atoms with Crippen LogP contribution in [0.15, 0.2) is 72.9 Å². The molecule has 0 saturated heterocycles. The third-order valence-electron chi connectivity index (χ3n) is 6.07. The van der Waals surface area contributed by atoms with Gasteiger partial charge in [-0.1, -0.05) is 48.6 Å². The van der Waals surface area contributed by atoms with E-state index in [0.717, 1.165) is 44.2 Å². The van der Waals surface area contributed by atoms with Crippen molar-refractivity contribution in [2.24, 2.45) is 0 Å². The zero-order valence-corrected chi connectivity index (χ0v) is 15.4. The fraction of sp³-hybridized carbons (Fsp3) is 0.0400. The first kappa shape index (κ1) is 15.2. The van der Waals surface area contributed by atoms with E-state index in [9.17, 15) is 5.11 Å². The fourth-order valence-corrected chi connectivity index (χ4v) is 4.65. The lowest BCUT2D eigenvalue weighted by Crippen LogP contribution is -1.93. The summed E-state index contributed by atoms with van der Waals surface area (Å²) in [5.41, 5.74) is 5.05. The van der Waals surface area contributed by atoms with Gasteiger partial charge in [-0.05, 0) is 56.9 Å². The smallest absolute Gasteiger partial charge is 0.235 e. The number of hydrogen-bond donors (Lipinski definition) is 1. The summed E-state index contributed by atoms with van der Waals surface area (Å²) in [4.78, 5) is 9.48. The van der Waals surface area contributed by atoms with Crippen molar-refractivity contribution in [3.63, 3.8) is 0 Å². The SMILES string of the molecule is OC1C=Cc2c1ccc1c2ccc2cc3nc4nc5ccccc5n4cc3cc21. The van der Waals surface area contributed by atoms with Crippen LogP contribution in [0.1, 0.15) is 17.2 Å². The van der Waals surface area contributed by atoms with Crippen LogP contribution in [0.25, 0.3) is 55.3 Å². The second-order valence-corrected chi connectivity index (χ2v) is 7.68. The van der Waals surface area contributed by atoms with Crippen molar-refractivity contribution < 1.29 is 5.11 Å². The summed E-state index contributed by atoms with van der Waals surface area (Å²) < 4.78 is 2.06. The molecule has 1 atom stereocenters. The third-order valence-corrected chi connectivity index (χ3v) is 6.07. The predicted molar refractivity (Wildman–Crippen MR) is 117 cm³/mol. The van der Waals surface area contributed by atoms with Crippen molar-refractivity contribution in [1.29, 1.82) is 0 Å². The topological polar surface area (TPSA) is 50.4 Å². The number of imidazole rings is 1. The van der Waals surface area contributed by atoms with E-state index in [1.54, 1.807) is 0 Å². The Morgan fingerprint density at radius 3 is 2.62 bits per heavy atom. The van der Waals surface area contributed by atoms with E-state index < -0.39 is 6.10 Å². The van der Waals surface area contributed by atoms with Crippen LogP contribution in [-0.2, 0) is 0 Å². The highest BCUT2D eigenvalue weighted by Crippen LogP contribution is 2.37. The van der Waals surface area contributed by atoms with Gasteiger partial charge in [-0.15, -0.1) is 0 Å². The van der Waals surface area contributed by atoms with Gasteiger partial charge in [-0.2, -0.15) is 0 Å². The van der Waals surface area contributed by atoms with Crippen LogP contribution >= 0.6 is 0 Å². The maximum atomic E-state index is 10.2. The van der Waals surface area contributed by atoms with Crippen LogP contribution in [0.5, 0.6) is 0 Å². The maximum absolute atomic E-state index is 10.2. The monoisotopic (exact) mass is 373 g/mol. The number of nitrogens with zero attached hydrogens (tertiary/aromatic N) is 3. The Hall–Kier alpha value is -3.76. The van der Waals surface area contributed by atoms with Crippen LogP contribution in [0.4, 0.5) is 0 Å². The largest absolute Gasteiger partial charge is 0.384 e. The molecule has 0 saturated carbocycles. The second-order valence-electron chi connectivity index (χ2n) is 7.68. The Morgan fingerprint density at radius 1 is 0.793 bits per heavy atom. The molecule has 7 rings (SSSR count). The number of rotatable bonds is 0. The Labute approximate surface area is 165 Å². The Bertz CT molecular complexity index is 1680. The first-order valence-corrected chi connectivity index (χ1v) is 9.69. The average Bonchev–Trinajstić information content (AvgIpc) is 3.30. The molecule has 136 valence electrons. The maximum Gasteiger partial charge on any atom is 0.235 e. The van der Waals surface area contributed by atoms with Gasteiger partial charge in [0.2, 0.25) is 5.78 Å². The van der Waals surface area contributed by atoms with E-state index in [1.165, 1.54) is 16.2 Å². The van der Waals surface area contributed by atoms with Gasteiger partial charge in [-0.3, -0.25) is 4.40 Å². The number of benzene rings is 4. The van der Waals surface area contributed by atoms with E-state index in [1.807, 2.05) is 36.4 Å². The highest BCUT2D eigenvalue weighted by Gasteiger charge is 2.17. The molecule has 0 fully saturated rings. The Kier molecular flexibility index (Phi) is 2.72. The second kappa shape index (κ2) is 5.19. The van der Waals surface area contributed by atoms with E-state index in [4.69, 9.17) is 4.98 Å². The molecule has 0 bridgehead atoms. The van der Waals surface area contributed by atoms with Gasteiger partial charge >= 0.3 is 0 Å². The number of aromatic nitrogens is 3. The molecular formula is C25H15N3O. The molecule has 1 unspecified atom stereocenters. The molecule has 1 aliphatic rings. The van der Waals surface area contributed by atoms with Crippen LogP contribution in [0.2, 0.25) is 0 Å². The van der Waals surface area contributed by atoms with Crippen LogP contribution < -0.4 is 0 Å². The van der Waals surface area contributed by atoms with Gasteiger partial charge in [0.05, 0.1) is 22.7 Å². The summed E-state index contributed by atoms with van der Waals surface area (Å²) in [6, 6.07) is 20.9. The molecule has 0 radical (unpaired) electrons. The van der Waals surface area contributed by atoms with Crippen LogP contribution in [-0.4, -0.2) is 19.5 Å². The number of aliphatic hydroxyl groups excluding tert-OH is 1. The zero-order valence-electron chi connectivity index (χ0n) is 15.4. The summed E-state index contributed by atoms with van der Waals surface area (Å²) in [6.07, 6.45) is 5.49. The van der Waals surface area contributed by atoms with Crippen molar-refractivity contribution in [3.05, 3.63) is 84.1 Å². The average molecular weight is 373 g/mol. The van der Waals surface area contributed by atoms with Crippen molar-refractivity contribution >= 4 is 55.3 Å². The zero-order chi connectivity index (χ0) is 19.1. The van der Waals surface area contributed by atoms with Crippen LogP contribution in [0, 0.1) is 0 Å². The molecule has 2 heterocycles. The number of aliphatic hydroxyl groups is 1. The van der Waals surface area contributed by atoms with Crippen molar-refractivity contribution in [3.8, 4) is 0 Å². The molecule has 4 heteroatoms. The fourth-order valence-electron chi connectivity index (χ4n) is 4.65. The number of hydrogen-bond acceptors (Lipinski definition) is 3. The van der Waals surface area contributed by atoms with E-state index in [0.29, 0.717) is 0 Å². The first-order valence-electron chi connectivity index (χ1n) is 9.69. The van der Waals surface area contributed by atoms with Crippen molar-refractivity contribution in [1.82, 2.24) is 14.4 Å². The van der Waals surface area contributed by atoms with E-state index >= 15 is 0 Å². The van der Waals surface area contributed by atoms with Crippen molar-refractivity contribution in [2.45, 2.75) is 6.10 Å². The summed E-state index contributed by atoms with van der Waals surface area (Å²) in [5, 5.41) is 15.9. The normalized spacial score (nSPS) is 16.0. The molecule has 0 spiro atoms. The minimum atomic E-state index is -0.506. The molecular weight excluding hydrogens is 358 g/mol. The van der Waals surface area contributed by atoms with Crippen LogP contribution in [0.3, 0.4) is 0 Å². The van der Waals surface area contributed by atoms with Gasteiger partial charge in [0.15, 0.2) is 0 Å². The molecule has 4 nitrogen and oxygen atoms in total. The minimum Gasteiger partial charge on any atom is -0.384 e. The molecule has 6 aromatic rings. The quantitative estimate of drug-likeness (QED) is 0.286. The van der Waals surface area contributed by atoms with E-state index in [2.05, 4.69) is 52.0 Å². The summed E-state index contributed by atoms with van der Waals surface area (Å²) in [6.45, 7) is 0. The standard InChI is InChI=1S/C25H15N3O/c29-24-10-9-17-16-6-5-14-12-22-15(11-20(14)18(16)7-8-19(17)24)13-28-23-4-2-1-3-21(23)26-25(28)27-22/h1-13,24,29H. The molecule has 1 aliphatic carbocycles. The molecule has 2 aromatic heterocycles. The van der Waals surface area contributed by atoms with Crippen molar-refractivity contribution in [2.75, 3.05) is 0 Å². The number of fused-ring (bicyclic) bond motifs is 9. The lowest BCUT2D eigenvalue weighted by atomic mass is 9.95. The minimum absolute atomic E-state index is 0.506. The van der Waals surface area contributed by atoms with Gasteiger partial charge in [0, 0.05) is 11.6 Å². The van der Waals surface area contributed by atoms with E-state index in [-0.39, 0.29) is 0 Å². The summed E-state index contributed by atoms with van der Waals surface area (Å²) >= 11 is 0.